The quantitative estimate of drug-likeness (QED) is 0.524. The number of aromatic hydroxyl groups is 1. The van der Waals surface area contributed by atoms with Crippen LogP contribution in [0.3, 0.4) is 0 Å². The van der Waals surface area contributed by atoms with Crippen LogP contribution < -0.4 is 16.6 Å². The molecule has 4 N–H and O–H groups in total. The molecule has 0 radical (unpaired) electrons. The summed E-state index contributed by atoms with van der Waals surface area (Å²) < 4.78 is 0.697. The number of H-pyrrole nitrogens is 2. The van der Waals surface area contributed by atoms with Crippen molar-refractivity contribution in [2.45, 2.75) is 0 Å². The number of amides is 1. The Morgan fingerprint density at radius 1 is 1.25 bits per heavy atom. The van der Waals surface area contributed by atoms with E-state index in [4.69, 9.17) is 0 Å². The number of aromatic nitrogens is 5. The van der Waals surface area contributed by atoms with Gasteiger partial charge in [0.25, 0.3) is 11.5 Å². The number of aromatic amines is 2. The van der Waals surface area contributed by atoms with E-state index in [-0.39, 0.29) is 0 Å². The minimum absolute atomic E-state index is 0.406. The third kappa shape index (κ3) is 2.67. The molecule has 0 spiro atoms. The van der Waals surface area contributed by atoms with E-state index in [1.54, 1.807) is 30.5 Å². The summed E-state index contributed by atoms with van der Waals surface area (Å²) in [4.78, 5) is 37.5. The lowest BCUT2D eigenvalue weighted by Gasteiger charge is -2.07. The number of anilines is 1. The zero-order valence-electron chi connectivity index (χ0n) is 12.4. The second-order valence-corrected chi connectivity index (χ2v) is 4.92. The van der Waals surface area contributed by atoms with Gasteiger partial charge in [-0.1, -0.05) is 17.3 Å². The number of rotatable bonds is 3. The van der Waals surface area contributed by atoms with E-state index in [1.165, 1.54) is 7.05 Å². The number of benzene rings is 1. The van der Waals surface area contributed by atoms with Gasteiger partial charge < -0.3 is 10.4 Å². The van der Waals surface area contributed by atoms with E-state index < -0.39 is 28.6 Å². The monoisotopic (exact) mass is 328 g/mol. The number of carbonyl (C=O) groups is 1. The lowest BCUT2D eigenvalue weighted by atomic mass is 10.1. The first-order valence-corrected chi connectivity index (χ1v) is 6.77. The largest absolute Gasteiger partial charge is 0.494 e. The van der Waals surface area contributed by atoms with Crippen molar-refractivity contribution in [2.24, 2.45) is 7.05 Å². The van der Waals surface area contributed by atoms with E-state index in [2.05, 4.69) is 20.7 Å². The number of carbonyl (C=O) groups excluding carboxylic acids is 1. The molecule has 0 atom stereocenters. The minimum atomic E-state index is -0.895. The maximum absolute atomic E-state index is 12.2. The van der Waals surface area contributed by atoms with Gasteiger partial charge in [0.2, 0.25) is 5.88 Å². The van der Waals surface area contributed by atoms with Crippen LogP contribution in [0.15, 0.2) is 40.1 Å². The van der Waals surface area contributed by atoms with Gasteiger partial charge in [-0.15, -0.1) is 5.10 Å². The van der Waals surface area contributed by atoms with Crippen LogP contribution in [-0.4, -0.2) is 36.0 Å². The van der Waals surface area contributed by atoms with Gasteiger partial charge >= 0.3 is 5.69 Å². The van der Waals surface area contributed by atoms with Crippen LogP contribution in [0, 0.1) is 0 Å². The van der Waals surface area contributed by atoms with Crippen LogP contribution in [0.25, 0.3) is 11.3 Å². The summed E-state index contributed by atoms with van der Waals surface area (Å²) in [6, 6.07) is 6.66. The summed E-state index contributed by atoms with van der Waals surface area (Å²) >= 11 is 0. The maximum Gasteiger partial charge on any atom is 0.330 e. The molecule has 10 nitrogen and oxygen atoms in total. The Labute approximate surface area is 133 Å². The molecule has 0 unspecified atom stereocenters. The summed E-state index contributed by atoms with van der Waals surface area (Å²) in [7, 11) is 1.20. The fourth-order valence-corrected chi connectivity index (χ4v) is 2.08. The van der Waals surface area contributed by atoms with E-state index in [0.717, 1.165) is 5.56 Å². The Morgan fingerprint density at radius 3 is 2.58 bits per heavy atom. The van der Waals surface area contributed by atoms with Gasteiger partial charge in [0.15, 0.2) is 5.56 Å². The first kappa shape index (κ1) is 15.2. The number of hydrogen-bond donors (Lipinski definition) is 4. The van der Waals surface area contributed by atoms with Gasteiger partial charge in [0.1, 0.15) is 0 Å². The molecule has 24 heavy (non-hydrogen) atoms. The van der Waals surface area contributed by atoms with Crippen molar-refractivity contribution in [3.8, 4) is 17.1 Å². The van der Waals surface area contributed by atoms with Gasteiger partial charge in [0.05, 0.1) is 11.9 Å². The number of hydrogen-bond acceptors (Lipinski definition) is 6. The average Bonchev–Trinajstić information content (AvgIpc) is 3.08. The fraction of sp³-hybridized carbons (Fsp3) is 0.0714. The third-order valence-corrected chi connectivity index (χ3v) is 3.38. The van der Waals surface area contributed by atoms with Crippen LogP contribution in [0.2, 0.25) is 0 Å². The van der Waals surface area contributed by atoms with Crippen LogP contribution >= 0.6 is 0 Å². The van der Waals surface area contributed by atoms with Crippen molar-refractivity contribution in [2.75, 3.05) is 5.32 Å². The molecule has 0 aliphatic heterocycles. The van der Waals surface area contributed by atoms with Crippen molar-refractivity contribution in [3.63, 3.8) is 0 Å². The zero-order valence-corrected chi connectivity index (χ0v) is 12.4. The van der Waals surface area contributed by atoms with E-state index in [0.29, 0.717) is 15.9 Å². The lowest BCUT2D eigenvalue weighted by molar-refractivity contribution is 0.102. The second kappa shape index (κ2) is 5.83. The first-order valence-electron chi connectivity index (χ1n) is 6.77. The summed E-state index contributed by atoms with van der Waals surface area (Å²) in [5, 5.41) is 22.1. The van der Waals surface area contributed by atoms with Gasteiger partial charge in [-0.3, -0.25) is 24.2 Å². The van der Waals surface area contributed by atoms with Crippen molar-refractivity contribution >= 4 is 11.6 Å². The van der Waals surface area contributed by atoms with Crippen LogP contribution in [-0.2, 0) is 7.05 Å². The SMILES string of the molecule is Cn1c(=O)[nH]c(O)c(C(=O)Nc2ccc(-c3cnn[nH]3)cc2)c1=O. The molecule has 2 heterocycles. The standard InChI is InChI=1S/C14H12N6O4/c1-20-13(23)10(12(22)17-14(20)24)11(21)16-8-4-2-7(3-5-8)9-6-15-19-18-9/h2-6,22H,1H3,(H,16,21)(H,17,24)(H,15,18,19). The molecule has 2 aromatic heterocycles. The van der Waals surface area contributed by atoms with E-state index in [9.17, 15) is 19.5 Å². The fourth-order valence-electron chi connectivity index (χ4n) is 2.08. The van der Waals surface area contributed by atoms with Gasteiger partial charge in [-0.25, -0.2) is 4.79 Å². The molecular formula is C14H12N6O4. The normalized spacial score (nSPS) is 10.5. The predicted octanol–water partition coefficient (Wildman–Crippen LogP) is -0.183. The average molecular weight is 328 g/mol. The first-order chi connectivity index (χ1) is 11.5. The minimum Gasteiger partial charge on any atom is -0.494 e. The molecule has 0 bridgehead atoms. The Bertz CT molecular complexity index is 1000. The van der Waals surface area contributed by atoms with Crippen molar-refractivity contribution in [1.29, 1.82) is 0 Å². The smallest absolute Gasteiger partial charge is 0.330 e. The highest BCUT2D eigenvalue weighted by Crippen LogP contribution is 2.19. The van der Waals surface area contributed by atoms with Gasteiger partial charge in [-0.2, -0.15) is 0 Å². The molecule has 0 saturated heterocycles. The summed E-state index contributed by atoms with van der Waals surface area (Å²) in [6.45, 7) is 0. The molecule has 3 aromatic rings. The molecule has 0 aliphatic rings. The number of nitrogens with one attached hydrogen (secondary N) is 3. The lowest BCUT2D eigenvalue weighted by Crippen LogP contribution is -2.37. The second-order valence-electron chi connectivity index (χ2n) is 4.92. The van der Waals surface area contributed by atoms with Crippen LogP contribution in [0.5, 0.6) is 5.88 Å². The van der Waals surface area contributed by atoms with E-state index in [1.807, 2.05) is 4.98 Å². The van der Waals surface area contributed by atoms with Crippen molar-refractivity contribution < 1.29 is 9.90 Å². The Kier molecular flexibility index (Phi) is 3.70. The predicted molar refractivity (Wildman–Crippen MR) is 83.7 cm³/mol. The third-order valence-electron chi connectivity index (χ3n) is 3.38. The molecule has 1 amide bonds. The highest BCUT2D eigenvalue weighted by molar-refractivity contribution is 6.05. The molecule has 3 rings (SSSR count). The maximum atomic E-state index is 12.2. The van der Waals surface area contributed by atoms with E-state index >= 15 is 0 Å². The van der Waals surface area contributed by atoms with Gasteiger partial charge in [0, 0.05) is 18.3 Å². The molecule has 1 aromatic carbocycles. The molecule has 122 valence electrons. The molecular weight excluding hydrogens is 316 g/mol. The topological polar surface area (TPSA) is 146 Å². The molecule has 10 heteroatoms. The highest BCUT2D eigenvalue weighted by Gasteiger charge is 2.19. The van der Waals surface area contributed by atoms with Crippen molar-refractivity contribution in [1.82, 2.24) is 25.0 Å². The van der Waals surface area contributed by atoms with Gasteiger partial charge in [-0.05, 0) is 12.1 Å². The van der Waals surface area contributed by atoms with Crippen LogP contribution in [0.1, 0.15) is 10.4 Å². The zero-order chi connectivity index (χ0) is 17.3. The Hall–Kier alpha value is -3.69. The molecule has 0 aliphatic carbocycles. The molecule has 0 fully saturated rings. The summed E-state index contributed by atoms with van der Waals surface area (Å²) in [5.41, 5.74) is -0.330. The summed E-state index contributed by atoms with van der Waals surface area (Å²) in [5.74, 6) is -1.61. The highest BCUT2D eigenvalue weighted by atomic mass is 16.3. The Morgan fingerprint density at radius 2 is 1.96 bits per heavy atom. The van der Waals surface area contributed by atoms with Crippen LogP contribution in [0.4, 0.5) is 5.69 Å². The molecule has 0 saturated carbocycles. The van der Waals surface area contributed by atoms with Crippen molar-refractivity contribution in [3.05, 3.63) is 56.9 Å². The summed E-state index contributed by atoms with van der Waals surface area (Å²) in [6.07, 6.45) is 1.55. The Balaban J connectivity index is 1.87. The number of nitrogens with zero attached hydrogens (tertiary/aromatic N) is 3.